The third kappa shape index (κ3) is 6.58. The molecule has 0 aliphatic rings. The van der Waals surface area contributed by atoms with Crippen LogP contribution in [0.4, 0.5) is 0 Å². The predicted molar refractivity (Wildman–Crippen MR) is 102 cm³/mol. The van der Waals surface area contributed by atoms with E-state index in [0.717, 1.165) is 11.1 Å². The number of benzene rings is 2. The van der Waals surface area contributed by atoms with Crippen LogP contribution in [-0.2, 0) is 20.7 Å². The molecule has 2 N–H and O–H groups in total. The number of methoxy groups -OCH3 is 1. The van der Waals surface area contributed by atoms with E-state index in [9.17, 15) is 14.4 Å². The van der Waals surface area contributed by atoms with Crippen LogP contribution < -0.4 is 10.6 Å². The minimum Gasteiger partial charge on any atom is -0.469 e. The van der Waals surface area contributed by atoms with Crippen molar-refractivity contribution >= 4 is 17.8 Å². The third-order valence-corrected chi connectivity index (χ3v) is 4.07. The summed E-state index contributed by atoms with van der Waals surface area (Å²) in [4.78, 5) is 36.3. The molecule has 2 rings (SSSR count). The van der Waals surface area contributed by atoms with E-state index in [1.165, 1.54) is 7.11 Å². The number of ether oxygens (including phenoxy) is 1. The molecule has 0 unspecified atom stereocenters. The molecule has 0 aliphatic carbocycles. The number of carbonyl (C=O) groups excluding carboxylic acids is 3. The van der Waals surface area contributed by atoms with Crippen molar-refractivity contribution in [2.75, 3.05) is 13.7 Å². The lowest BCUT2D eigenvalue weighted by atomic mass is 10.0. The fraction of sp³-hybridized carbons (Fsp3) is 0.286. The Morgan fingerprint density at radius 3 is 2.30 bits per heavy atom. The van der Waals surface area contributed by atoms with E-state index >= 15 is 0 Å². The first-order valence-corrected chi connectivity index (χ1v) is 8.75. The van der Waals surface area contributed by atoms with Gasteiger partial charge in [0, 0.05) is 18.5 Å². The van der Waals surface area contributed by atoms with Crippen LogP contribution in [0.3, 0.4) is 0 Å². The Morgan fingerprint density at radius 1 is 1.00 bits per heavy atom. The van der Waals surface area contributed by atoms with Gasteiger partial charge in [-0.15, -0.1) is 0 Å². The zero-order chi connectivity index (χ0) is 19.6. The van der Waals surface area contributed by atoms with E-state index in [2.05, 4.69) is 15.4 Å². The average Bonchev–Trinajstić information content (AvgIpc) is 2.68. The zero-order valence-electron chi connectivity index (χ0n) is 15.5. The fourth-order valence-electron chi connectivity index (χ4n) is 2.52. The normalized spacial score (nSPS) is 11.3. The van der Waals surface area contributed by atoms with E-state index in [1.807, 2.05) is 49.4 Å². The van der Waals surface area contributed by atoms with Crippen molar-refractivity contribution in [3.63, 3.8) is 0 Å². The molecule has 0 aromatic heterocycles. The summed E-state index contributed by atoms with van der Waals surface area (Å²) in [6, 6.07) is 15.8. The van der Waals surface area contributed by atoms with Crippen LogP contribution in [0.5, 0.6) is 0 Å². The largest absolute Gasteiger partial charge is 0.469 e. The number of nitrogens with one attached hydrogen (secondary N) is 2. The Labute approximate surface area is 158 Å². The highest BCUT2D eigenvalue weighted by Crippen LogP contribution is 2.07. The van der Waals surface area contributed by atoms with Crippen LogP contribution >= 0.6 is 0 Å². The Kier molecular flexibility index (Phi) is 7.55. The van der Waals surface area contributed by atoms with Crippen LogP contribution in [-0.4, -0.2) is 37.5 Å². The summed E-state index contributed by atoms with van der Waals surface area (Å²) in [5.74, 6) is -1.07. The quantitative estimate of drug-likeness (QED) is 0.698. The molecule has 0 aliphatic heterocycles. The Hall–Kier alpha value is -3.15. The monoisotopic (exact) mass is 368 g/mol. The van der Waals surface area contributed by atoms with Crippen LogP contribution in [0.2, 0.25) is 0 Å². The maximum atomic E-state index is 12.6. The smallest absolute Gasteiger partial charge is 0.307 e. The summed E-state index contributed by atoms with van der Waals surface area (Å²) < 4.78 is 4.56. The standard InChI is InChI=1S/C21H24N2O4/c1-15-8-10-17(11-9-15)20(25)23-18(14-16-6-4-3-5-7-16)21(26)22-13-12-19(24)27-2/h3-11,18H,12-14H2,1-2H3,(H,22,26)(H,23,25)/t18-/m0/s1. The molecule has 27 heavy (non-hydrogen) atoms. The molecule has 2 aromatic rings. The summed E-state index contributed by atoms with van der Waals surface area (Å²) in [6.45, 7) is 2.09. The number of hydrogen-bond acceptors (Lipinski definition) is 4. The second kappa shape index (κ2) is 10.1. The molecule has 142 valence electrons. The molecular weight excluding hydrogens is 344 g/mol. The number of esters is 1. The van der Waals surface area contributed by atoms with Gasteiger partial charge >= 0.3 is 5.97 Å². The number of carbonyl (C=O) groups is 3. The van der Waals surface area contributed by atoms with Crippen LogP contribution in [0.15, 0.2) is 54.6 Å². The molecule has 2 aromatic carbocycles. The minimum atomic E-state index is -0.751. The van der Waals surface area contributed by atoms with E-state index in [0.29, 0.717) is 12.0 Å². The lowest BCUT2D eigenvalue weighted by Gasteiger charge is -2.19. The van der Waals surface area contributed by atoms with Crippen molar-refractivity contribution in [3.05, 3.63) is 71.3 Å². The number of aryl methyl sites for hydroxylation is 1. The van der Waals surface area contributed by atoms with Crippen LogP contribution in [0.25, 0.3) is 0 Å². The summed E-state index contributed by atoms with van der Waals surface area (Å²) in [6.07, 6.45) is 0.425. The van der Waals surface area contributed by atoms with Gasteiger partial charge in [-0.25, -0.2) is 0 Å². The van der Waals surface area contributed by atoms with Gasteiger partial charge in [-0.3, -0.25) is 14.4 Å². The fourth-order valence-corrected chi connectivity index (χ4v) is 2.52. The van der Waals surface area contributed by atoms with Gasteiger partial charge in [0.15, 0.2) is 0 Å². The highest BCUT2D eigenvalue weighted by molar-refractivity contribution is 5.97. The van der Waals surface area contributed by atoms with Gasteiger partial charge in [0.05, 0.1) is 13.5 Å². The van der Waals surface area contributed by atoms with Crippen molar-refractivity contribution < 1.29 is 19.1 Å². The van der Waals surface area contributed by atoms with Gasteiger partial charge in [0.2, 0.25) is 5.91 Å². The molecule has 0 radical (unpaired) electrons. The average molecular weight is 368 g/mol. The second-order valence-corrected chi connectivity index (χ2v) is 6.20. The van der Waals surface area contributed by atoms with Gasteiger partial charge in [-0.2, -0.15) is 0 Å². The van der Waals surface area contributed by atoms with Crippen molar-refractivity contribution in [2.45, 2.75) is 25.8 Å². The van der Waals surface area contributed by atoms with E-state index < -0.39 is 12.0 Å². The molecule has 0 fully saturated rings. The molecule has 0 heterocycles. The molecule has 6 heteroatoms. The van der Waals surface area contributed by atoms with Crippen LogP contribution in [0.1, 0.15) is 27.9 Å². The van der Waals surface area contributed by atoms with Crippen molar-refractivity contribution in [1.29, 1.82) is 0 Å². The number of hydrogen-bond donors (Lipinski definition) is 2. The van der Waals surface area contributed by atoms with Crippen molar-refractivity contribution in [2.24, 2.45) is 0 Å². The van der Waals surface area contributed by atoms with E-state index in [1.54, 1.807) is 12.1 Å². The van der Waals surface area contributed by atoms with Crippen LogP contribution in [0, 0.1) is 6.92 Å². The molecule has 1 atom stereocenters. The minimum absolute atomic E-state index is 0.0756. The molecule has 0 saturated carbocycles. The van der Waals surface area contributed by atoms with Gasteiger partial charge in [0.1, 0.15) is 6.04 Å². The zero-order valence-corrected chi connectivity index (χ0v) is 15.5. The molecule has 0 spiro atoms. The SMILES string of the molecule is COC(=O)CCNC(=O)[C@H](Cc1ccccc1)NC(=O)c1ccc(C)cc1. The Balaban J connectivity index is 2.06. The second-order valence-electron chi connectivity index (χ2n) is 6.20. The molecule has 2 amide bonds. The molecule has 0 bridgehead atoms. The third-order valence-electron chi connectivity index (χ3n) is 4.07. The predicted octanol–water partition coefficient (Wildman–Crippen LogP) is 2.02. The van der Waals surface area contributed by atoms with Crippen molar-refractivity contribution in [1.82, 2.24) is 10.6 Å². The van der Waals surface area contributed by atoms with E-state index in [4.69, 9.17) is 0 Å². The highest BCUT2D eigenvalue weighted by Gasteiger charge is 2.22. The van der Waals surface area contributed by atoms with Crippen molar-refractivity contribution in [3.8, 4) is 0 Å². The van der Waals surface area contributed by atoms with E-state index in [-0.39, 0.29) is 24.8 Å². The van der Waals surface area contributed by atoms with Gasteiger partial charge in [-0.1, -0.05) is 48.0 Å². The van der Waals surface area contributed by atoms with Gasteiger partial charge in [0.25, 0.3) is 5.91 Å². The first-order valence-electron chi connectivity index (χ1n) is 8.75. The highest BCUT2D eigenvalue weighted by atomic mass is 16.5. The Morgan fingerprint density at radius 2 is 1.67 bits per heavy atom. The lowest BCUT2D eigenvalue weighted by Crippen LogP contribution is -2.48. The maximum absolute atomic E-state index is 12.6. The summed E-state index contributed by atoms with van der Waals surface area (Å²) in [5, 5.41) is 5.47. The number of amides is 2. The first-order chi connectivity index (χ1) is 13.0. The van der Waals surface area contributed by atoms with Gasteiger partial charge < -0.3 is 15.4 Å². The topological polar surface area (TPSA) is 84.5 Å². The first kappa shape index (κ1) is 20.2. The van der Waals surface area contributed by atoms with Gasteiger partial charge in [-0.05, 0) is 24.6 Å². The molecule has 0 saturated heterocycles. The lowest BCUT2D eigenvalue weighted by molar-refractivity contribution is -0.140. The molecular formula is C21H24N2O4. The maximum Gasteiger partial charge on any atom is 0.307 e. The Bertz CT molecular complexity index is 773. The summed E-state index contributed by atoms with van der Waals surface area (Å²) in [7, 11) is 1.30. The number of rotatable bonds is 8. The molecule has 6 nitrogen and oxygen atoms in total. The summed E-state index contributed by atoms with van der Waals surface area (Å²) >= 11 is 0. The summed E-state index contributed by atoms with van der Waals surface area (Å²) in [5.41, 5.74) is 2.46.